The highest BCUT2D eigenvalue weighted by molar-refractivity contribution is 6.40. The molecule has 0 bridgehead atoms. The van der Waals surface area contributed by atoms with Gasteiger partial charge in [-0.15, -0.1) is 0 Å². The molecule has 0 atom stereocenters. The standard InChI is InChI=1S/C15H7Cl3FNO/c16-7-4-11(18)13-9(6-20-12(13)5-7)15(21)8-2-1-3-10(17)14(8)19/h1-6,20H. The summed E-state index contributed by atoms with van der Waals surface area (Å²) < 4.78 is 14.0. The summed E-state index contributed by atoms with van der Waals surface area (Å²) in [5.74, 6) is -1.24. The number of rotatable bonds is 2. The first kappa shape index (κ1) is 14.4. The molecule has 0 saturated carbocycles. The number of carbonyl (C=O) groups excluding carboxylic acids is 1. The molecule has 3 aromatic rings. The quantitative estimate of drug-likeness (QED) is 0.613. The van der Waals surface area contributed by atoms with E-state index in [1.165, 1.54) is 30.5 Å². The van der Waals surface area contributed by atoms with Crippen molar-refractivity contribution in [2.75, 3.05) is 0 Å². The number of halogens is 4. The van der Waals surface area contributed by atoms with E-state index in [0.717, 1.165) is 0 Å². The van der Waals surface area contributed by atoms with Gasteiger partial charge in [0.05, 0.1) is 15.6 Å². The minimum atomic E-state index is -0.747. The van der Waals surface area contributed by atoms with Crippen molar-refractivity contribution in [3.63, 3.8) is 0 Å². The topological polar surface area (TPSA) is 32.9 Å². The van der Waals surface area contributed by atoms with Crippen molar-refractivity contribution < 1.29 is 9.18 Å². The smallest absolute Gasteiger partial charge is 0.198 e. The van der Waals surface area contributed by atoms with Crippen LogP contribution in [0, 0.1) is 5.82 Å². The first-order valence-corrected chi connectivity index (χ1v) is 7.07. The third-order valence-corrected chi connectivity index (χ3v) is 3.95. The Hall–Kier alpha value is -1.55. The zero-order valence-corrected chi connectivity index (χ0v) is 12.7. The molecular formula is C15H7Cl3FNO. The van der Waals surface area contributed by atoms with E-state index in [2.05, 4.69) is 4.98 Å². The third kappa shape index (κ3) is 2.42. The highest BCUT2D eigenvalue weighted by Crippen LogP contribution is 2.32. The lowest BCUT2D eigenvalue weighted by molar-refractivity contribution is 0.103. The van der Waals surface area contributed by atoms with Gasteiger partial charge in [-0.2, -0.15) is 0 Å². The molecule has 0 spiro atoms. The monoisotopic (exact) mass is 341 g/mol. The van der Waals surface area contributed by atoms with Crippen molar-refractivity contribution in [3.05, 3.63) is 68.5 Å². The second kappa shape index (κ2) is 5.34. The molecule has 0 aliphatic carbocycles. The van der Waals surface area contributed by atoms with Gasteiger partial charge in [-0.1, -0.05) is 40.9 Å². The Kier molecular flexibility index (Phi) is 3.66. The summed E-state index contributed by atoms with van der Waals surface area (Å²) in [6, 6.07) is 7.46. The van der Waals surface area contributed by atoms with E-state index in [1.807, 2.05) is 0 Å². The lowest BCUT2D eigenvalue weighted by Gasteiger charge is -2.04. The fourth-order valence-electron chi connectivity index (χ4n) is 2.19. The molecule has 2 aromatic carbocycles. The lowest BCUT2D eigenvalue weighted by Crippen LogP contribution is -2.04. The van der Waals surface area contributed by atoms with Gasteiger partial charge in [0.2, 0.25) is 0 Å². The van der Waals surface area contributed by atoms with E-state index in [9.17, 15) is 9.18 Å². The Morgan fingerprint density at radius 3 is 2.57 bits per heavy atom. The Bertz CT molecular complexity index is 873. The van der Waals surface area contributed by atoms with Crippen LogP contribution in [0.4, 0.5) is 4.39 Å². The fraction of sp³-hybridized carbons (Fsp3) is 0. The van der Waals surface area contributed by atoms with Crippen molar-refractivity contribution in [2.24, 2.45) is 0 Å². The van der Waals surface area contributed by atoms with E-state index in [0.29, 0.717) is 20.9 Å². The molecule has 0 aliphatic heterocycles. The van der Waals surface area contributed by atoms with Crippen LogP contribution in [-0.4, -0.2) is 10.8 Å². The second-order valence-corrected chi connectivity index (χ2v) is 5.69. The van der Waals surface area contributed by atoms with Crippen LogP contribution in [0.5, 0.6) is 0 Å². The first-order valence-electron chi connectivity index (χ1n) is 5.94. The van der Waals surface area contributed by atoms with Crippen molar-refractivity contribution in [3.8, 4) is 0 Å². The molecule has 1 N–H and O–H groups in total. The average Bonchev–Trinajstić information content (AvgIpc) is 2.85. The van der Waals surface area contributed by atoms with Crippen LogP contribution in [0.1, 0.15) is 15.9 Å². The number of nitrogens with one attached hydrogen (secondary N) is 1. The molecule has 0 radical (unpaired) electrons. The van der Waals surface area contributed by atoms with Gasteiger partial charge in [0.25, 0.3) is 0 Å². The molecule has 1 heterocycles. The van der Waals surface area contributed by atoms with Crippen LogP contribution in [0.2, 0.25) is 15.1 Å². The Labute approximate surface area is 134 Å². The van der Waals surface area contributed by atoms with Gasteiger partial charge in [0, 0.05) is 27.7 Å². The van der Waals surface area contributed by atoms with Gasteiger partial charge in [-0.25, -0.2) is 4.39 Å². The highest BCUT2D eigenvalue weighted by Gasteiger charge is 2.20. The SMILES string of the molecule is O=C(c1cccc(Cl)c1F)c1c[nH]c2cc(Cl)cc(Cl)c12. The third-order valence-electron chi connectivity index (χ3n) is 3.14. The maximum absolute atomic E-state index is 14.0. The number of carbonyl (C=O) groups is 1. The lowest BCUT2D eigenvalue weighted by atomic mass is 10.0. The highest BCUT2D eigenvalue weighted by atomic mass is 35.5. The second-order valence-electron chi connectivity index (χ2n) is 4.44. The van der Waals surface area contributed by atoms with Crippen molar-refractivity contribution >= 4 is 51.5 Å². The van der Waals surface area contributed by atoms with Crippen LogP contribution >= 0.6 is 34.8 Å². The van der Waals surface area contributed by atoms with Crippen molar-refractivity contribution in [1.29, 1.82) is 0 Å². The van der Waals surface area contributed by atoms with E-state index >= 15 is 0 Å². The van der Waals surface area contributed by atoms with Gasteiger partial charge in [0.1, 0.15) is 0 Å². The van der Waals surface area contributed by atoms with Gasteiger partial charge in [0.15, 0.2) is 11.6 Å². The van der Waals surface area contributed by atoms with Crippen LogP contribution < -0.4 is 0 Å². The maximum Gasteiger partial charge on any atom is 0.198 e. The van der Waals surface area contributed by atoms with Gasteiger partial charge >= 0.3 is 0 Å². The van der Waals surface area contributed by atoms with Crippen LogP contribution in [0.15, 0.2) is 36.5 Å². The largest absolute Gasteiger partial charge is 0.360 e. The molecule has 6 heteroatoms. The summed E-state index contributed by atoms with van der Waals surface area (Å²) in [4.78, 5) is 15.4. The molecule has 106 valence electrons. The first-order chi connectivity index (χ1) is 9.99. The van der Waals surface area contributed by atoms with E-state index in [1.54, 1.807) is 6.07 Å². The van der Waals surface area contributed by atoms with Gasteiger partial charge in [-0.3, -0.25) is 4.79 Å². The van der Waals surface area contributed by atoms with Gasteiger partial charge in [-0.05, 0) is 24.3 Å². The minimum absolute atomic E-state index is 0.102. The Balaban J connectivity index is 2.21. The predicted octanol–water partition coefficient (Wildman–Crippen LogP) is 5.50. The molecule has 0 amide bonds. The molecule has 21 heavy (non-hydrogen) atoms. The summed E-state index contributed by atoms with van der Waals surface area (Å²) in [6.07, 6.45) is 1.48. The van der Waals surface area contributed by atoms with Crippen molar-refractivity contribution in [1.82, 2.24) is 4.98 Å². The molecule has 0 aliphatic rings. The molecule has 1 aromatic heterocycles. The predicted molar refractivity (Wildman–Crippen MR) is 83.2 cm³/mol. The number of H-pyrrole nitrogens is 1. The van der Waals surface area contributed by atoms with Crippen LogP contribution in [0.3, 0.4) is 0 Å². The van der Waals surface area contributed by atoms with E-state index in [-0.39, 0.29) is 16.1 Å². The summed E-state index contributed by atoms with van der Waals surface area (Å²) in [6.45, 7) is 0. The summed E-state index contributed by atoms with van der Waals surface area (Å²) >= 11 is 17.8. The van der Waals surface area contributed by atoms with Gasteiger partial charge < -0.3 is 4.98 Å². The minimum Gasteiger partial charge on any atom is -0.360 e. The Morgan fingerprint density at radius 1 is 1.05 bits per heavy atom. The molecule has 3 rings (SSSR count). The van der Waals surface area contributed by atoms with E-state index < -0.39 is 11.6 Å². The summed E-state index contributed by atoms with van der Waals surface area (Å²) in [5, 5.41) is 1.17. The van der Waals surface area contributed by atoms with Crippen LogP contribution in [0.25, 0.3) is 10.9 Å². The number of aromatic nitrogens is 1. The zero-order chi connectivity index (χ0) is 15.1. The number of ketones is 1. The Morgan fingerprint density at radius 2 is 1.81 bits per heavy atom. The van der Waals surface area contributed by atoms with Crippen LogP contribution in [-0.2, 0) is 0 Å². The fourth-order valence-corrected chi connectivity index (χ4v) is 2.96. The molecule has 2 nitrogen and oxygen atoms in total. The molecule has 0 saturated heterocycles. The number of benzene rings is 2. The van der Waals surface area contributed by atoms with E-state index in [4.69, 9.17) is 34.8 Å². The zero-order valence-electron chi connectivity index (χ0n) is 10.4. The molecule has 0 unspecified atom stereocenters. The number of fused-ring (bicyclic) bond motifs is 1. The number of hydrogen-bond acceptors (Lipinski definition) is 1. The van der Waals surface area contributed by atoms with Crippen molar-refractivity contribution in [2.45, 2.75) is 0 Å². The number of hydrogen-bond donors (Lipinski definition) is 1. The summed E-state index contributed by atoms with van der Waals surface area (Å²) in [7, 11) is 0. The summed E-state index contributed by atoms with van der Waals surface area (Å²) in [5.41, 5.74) is 0.778. The maximum atomic E-state index is 14.0. The molecule has 0 fully saturated rings. The normalized spacial score (nSPS) is 11.0. The number of aromatic amines is 1. The average molecular weight is 343 g/mol. The molecular weight excluding hydrogens is 336 g/mol.